The highest BCUT2D eigenvalue weighted by atomic mass is 15.1. The second kappa shape index (κ2) is 15.6. The van der Waals surface area contributed by atoms with Crippen molar-refractivity contribution in [2.24, 2.45) is 0 Å². The fourth-order valence-corrected chi connectivity index (χ4v) is 10.5. The second-order valence-electron chi connectivity index (χ2n) is 16.8. The molecule has 0 spiro atoms. The Morgan fingerprint density at radius 2 is 0.750 bits per heavy atom. The molecule has 0 atom stereocenters. The average molecular weight is 814 g/mol. The molecule has 11 aromatic rings. The number of hydrogen-bond acceptors (Lipinski definition) is 1. The summed E-state index contributed by atoms with van der Waals surface area (Å²) < 4.78 is 0. The Kier molecular flexibility index (Phi) is 9.13. The zero-order valence-electron chi connectivity index (χ0n) is 35.3. The van der Waals surface area contributed by atoms with Crippen molar-refractivity contribution in [3.8, 4) is 44.5 Å². The molecule has 0 unspecified atom stereocenters. The molecule has 0 saturated heterocycles. The van der Waals surface area contributed by atoms with Crippen LogP contribution in [-0.2, 0) is 5.41 Å². The van der Waals surface area contributed by atoms with Crippen LogP contribution >= 0.6 is 0 Å². The molecule has 12 rings (SSSR count). The Bertz CT molecular complexity index is 3430. The van der Waals surface area contributed by atoms with Gasteiger partial charge in [0.1, 0.15) is 0 Å². The summed E-state index contributed by atoms with van der Waals surface area (Å²) in [6.07, 6.45) is 0. The molecule has 1 heteroatoms. The third-order valence-electron chi connectivity index (χ3n) is 13.3. The standard InChI is InChI=1S/C63H43N/c1-4-18-45(19-5-1)56-33-16-22-47-23-17-34-57(62(47)56)48-24-14-29-52(42-48)64(51-38-36-46(37-39-51)55-32-15-21-44-20-10-11-30-54(44)55)53-40-41-59-58-31-12-13-35-60(58)63(61(59)43-53,49-25-6-2-7-26-49)50-27-8-3-9-28-50/h1-43H. The van der Waals surface area contributed by atoms with E-state index in [4.69, 9.17) is 0 Å². The second-order valence-corrected chi connectivity index (χ2v) is 16.8. The van der Waals surface area contributed by atoms with Crippen LogP contribution in [0, 0.1) is 0 Å². The number of anilines is 3. The molecule has 0 N–H and O–H groups in total. The highest BCUT2D eigenvalue weighted by molar-refractivity contribution is 6.07. The lowest BCUT2D eigenvalue weighted by Crippen LogP contribution is -2.28. The van der Waals surface area contributed by atoms with Crippen LogP contribution in [0.1, 0.15) is 22.3 Å². The van der Waals surface area contributed by atoms with Crippen molar-refractivity contribution in [2.45, 2.75) is 5.41 Å². The lowest BCUT2D eigenvalue weighted by atomic mass is 9.67. The summed E-state index contributed by atoms with van der Waals surface area (Å²) >= 11 is 0. The van der Waals surface area contributed by atoms with Crippen LogP contribution in [0.2, 0.25) is 0 Å². The maximum absolute atomic E-state index is 2.46. The van der Waals surface area contributed by atoms with Crippen LogP contribution in [0.25, 0.3) is 66.1 Å². The maximum atomic E-state index is 2.46. The van der Waals surface area contributed by atoms with Gasteiger partial charge in [0.05, 0.1) is 5.41 Å². The Morgan fingerprint density at radius 1 is 0.266 bits per heavy atom. The van der Waals surface area contributed by atoms with Gasteiger partial charge in [-0.05, 0) is 125 Å². The van der Waals surface area contributed by atoms with Crippen LogP contribution in [-0.4, -0.2) is 0 Å². The van der Waals surface area contributed by atoms with Crippen molar-refractivity contribution in [3.05, 3.63) is 283 Å². The molecule has 300 valence electrons. The van der Waals surface area contributed by atoms with Crippen molar-refractivity contribution in [1.82, 2.24) is 0 Å². The zero-order valence-corrected chi connectivity index (χ0v) is 35.3. The van der Waals surface area contributed by atoms with E-state index in [2.05, 4.69) is 266 Å². The summed E-state index contributed by atoms with van der Waals surface area (Å²) in [5.74, 6) is 0. The molecular formula is C63H43N. The first-order valence-electron chi connectivity index (χ1n) is 22.2. The first-order valence-corrected chi connectivity index (χ1v) is 22.2. The quantitative estimate of drug-likeness (QED) is 0.148. The van der Waals surface area contributed by atoms with Crippen LogP contribution in [0.15, 0.2) is 261 Å². The van der Waals surface area contributed by atoms with E-state index in [1.807, 2.05) is 0 Å². The van der Waals surface area contributed by atoms with Crippen molar-refractivity contribution in [3.63, 3.8) is 0 Å². The molecule has 1 aliphatic rings. The normalized spacial score (nSPS) is 12.5. The lowest BCUT2D eigenvalue weighted by molar-refractivity contribution is 0.768. The molecule has 0 radical (unpaired) electrons. The predicted molar refractivity (Wildman–Crippen MR) is 270 cm³/mol. The van der Waals surface area contributed by atoms with E-state index in [1.165, 1.54) is 88.3 Å². The molecule has 0 amide bonds. The molecule has 1 aliphatic carbocycles. The van der Waals surface area contributed by atoms with Crippen molar-refractivity contribution in [2.75, 3.05) is 4.90 Å². The van der Waals surface area contributed by atoms with E-state index in [-0.39, 0.29) is 0 Å². The summed E-state index contributed by atoms with van der Waals surface area (Å²) in [4.78, 5) is 2.45. The van der Waals surface area contributed by atoms with Crippen molar-refractivity contribution in [1.29, 1.82) is 0 Å². The molecule has 0 heterocycles. The molecule has 0 aliphatic heterocycles. The van der Waals surface area contributed by atoms with E-state index in [0.717, 1.165) is 17.1 Å². The lowest BCUT2D eigenvalue weighted by Gasteiger charge is -2.35. The largest absolute Gasteiger partial charge is 0.310 e. The summed E-state index contributed by atoms with van der Waals surface area (Å²) in [7, 11) is 0. The Hall–Kier alpha value is -8.26. The van der Waals surface area contributed by atoms with E-state index in [0.29, 0.717) is 0 Å². The predicted octanol–water partition coefficient (Wildman–Crippen LogP) is 16.8. The minimum absolute atomic E-state index is 0.521. The Balaban J connectivity index is 1.08. The van der Waals surface area contributed by atoms with E-state index in [9.17, 15) is 0 Å². The summed E-state index contributed by atoms with van der Waals surface area (Å²) in [6.45, 7) is 0. The molecule has 1 nitrogen and oxygen atoms in total. The van der Waals surface area contributed by atoms with Gasteiger partial charge in [-0.2, -0.15) is 0 Å². The number of nitrogens with zero attached hydrogens (tertiary/aromatic N) is 1. The van der Waals surface area contributed by atoms with Gasteiger partial charge in [-0.3, -0.25) is 0 Å². The molecular weight excluding hydrogens is 771 g/mol. The van der Waals surface area contributed by atoms with Gasteiger partial charge in [-0.15, -0.1) is 0 Å². The van der Waals surface area contributed by atoms with Gasteiger partial charge in [0, 0.05) is 17.1 Å². The summed E-state index contributed by atoms with van der Waals surface area (Å²) in [5, 5.41) is 4.97. The fourth-order valence-electron chi connectivity index (χ4n) is 10.5. The monoisotopic (exact) mass is 813 g/mol. The van der Waals surface area contributed by atoms with Gasteiger partial charge in [0.25, 0.3) is 0 Å². The maximum Gasteiger partial charge on any atom is 0.0714 e. The van der Waals surface area contributed by atoms with Crippen LogP contribution in [0.3, 0.4) is 0 Å². The smallest absolute Gasteiger partial charge is 0.0714 e. The first kappa shape index (κ1) is 37.5. The van der Waals surface area contributed by atoms with Gasteiger partial charge >= 0.3 is 0 Å². The van der Waals surface area contributed by atoms with Gasteiger partial charge in [-0.25, -0.2) is 0 Å². The van der Waals surface area contributed by atoms with Gasteiger partial charge in [0.15, 0.2) is 0 Å². The minimum Gasteiger partial charge on any atom is -0.310 e. The van der Waals surface area contributed by atoms with Crippen LogP contribution < -0.4 is 4.90 Å². The average Bonchev–Trinajstić information content (AvgIpc) is 3.67. The third kappa shape index (κ3) is 6.08. The van der Waals surface area contributed by atoms with Crippen LogP contribution in [0.5, 0.6) is 0 Å². The molecule has 0 saturated carbocycles. The number of fused-ring (bicyclic) bond motifs is 5. The van der Waals surface area contributed by atoms with Gasteiger partial charge < -0.3 is 4.90 Å². The van der Waals surface area contributed by atoms with Gasteiger partial charge in [-0.1, -0.05) is 224 Å². The Labute approximate surface area is 374 Å². The molecule has 11 aromatic carbocycles. The fraction of sp³-hybridized carbons (Fsp3) is 0.0159. The molecule has 0 bridgehead atoms. The van der Waals surface area contributed by atoms with Crippen molar-refractivity contribution >= 4 is 38.6 Å². The first-order chi connectivity index (χ1) is 31.8. The number of rotatable bonds is 8. The van der Waals surface area contributed by atoms with E-state index < -0.39 is 5.41 Å². The van der Waals surface area contributed by atoms with E-state index >= 15 is 0 Å². The highest BCUT2D eigenvalue weighted by Crippen LogP contribution is 2.57. The van der Waals surface area contributed by atoms with Gasteiger partial charge in [0.2, 0.25) is 0 Å². The Morgan fingerprint density at radius 3 is 1.48 bits per heavy atom. The number of hydrogen-bond donors (Lipinski definition) is 0. The zero-order chi connectivity index (χ0) is 42.5. The molecule has 64 heavy (non-hydrogen) atoms. The van der Waals surface area contributed by atoms with Crippen molar-refractivity contribution < 1.29 is 0 Å². The van der Waals surface area contributed by atoms with Crippen LogP contribution in [0.4, 0.5) is 17.1 Å². The number of benzene rings is 11. The summed E-state index contributed by atoms with van der Waals surface area (Å²) in [5.41, 5.74) is 17.6. The molecule has 0 fully saturated rings. The minimum atomic E-state index is -0.521. The summed E-state index contributed by atoms with van der Waals surface area (Å²) in [6, 6.07) is 95.9. The highest BCUT2D eigenvalue weighted by Gasteiger charge is 2.46. The SMILES string of the molecule is c1ccc(-c2cccc3cccc(-c4cccc(N(c5ccc(-c6cccc7ccccc67)cc5)c5ccc6c(c5)C(c5ccccc5)(c5ccccc5)c5ccccc5-6)c4)c23)cc1. The van der Waals surface area contributed by atoms with E-state index in [1.54, 1.807) is 0 Å². The third-order valence-corrected chi connectivity index (χ3v) is 13.3. The molecule has 0 aromatic heterocycles. The topological polar surface area (TPSA) is 3.24 Å².